The predicted molar refractivity (Wildman–Crippen MR) is 77.8 cm³/mol. The Kier molecular flexibility index (Phi) is 2.80. The fourth-order valence-corrected chi connectivity index (χ4v) is 3.27. The van der Waals surface area contributed by atoms with Gasteiger partial charge in [-0.2, -0.15) is 0 Å². The highest BCUT2D eigenvalue weighted by Gasteiger charge is 2.15. The zero-order chi connectivity index (χ0) is 12.7. The molecule has 1 unspecified atom stereocenters. The van der Waals surface area contributed by atoms with Crippen molar-refractivity contribution in [3.05, 3.63) is 45.1 Å². The molecule has 92 valence electrons. The molecule has 3 aromatic rings. The van der Waals surface area contributed by atoms with E-state index < -0.39 is 0 Å². The number of hydrogen-bond donors (Lipinski definition) is 1. The van der Waals surface area contributed by atoms with Crippen LogP contribution in [0.15, 0.2) is 29.8 Å². The van der Waals surface area contributed by atoms with Crippen molar-refractivity contribution < 1.29 is 0 Å². The molecule has 3 rings (SSSR count). The van der Waals surface area contributed by atoms with E-state index >= 15 is 0 Å². The molecule has 2 heterocycles. The SMILES string of the molecule is Cc1cccc2c1[nH]c(=S)n2C(C)c1nccs1. The third kappa shape index (κ3) is 1.71. The first-order valence-corrected chi connectivity index (χ1v) is 7.06. The zero-order valence-corrected chi connectivity index (χ0v) is 11.8. The summed E-state index contributed by atoms with van der Waals surface area (Å²) in [4.78, 5) is 7.67. The van der Waals surface area contributed by atoms with E-state index in [4.69, 9.17) is 12.2 Å². The van der Waals surface area contributed by atoms with E-state index in [0.717, 1.165) is 20.8 Å². The van der Waals surface area contributed by atoms with Crippen LogP contribution in [0.25, 0.3) is 11.0 Å². The summed E-state index contributed by atoms with van der Waals surface area (Å²) in [7, 11) is 0. The van der Waals surface area contributed by atoms with Gasteiger partial charge in [0.1, 0.15) is 5.01 Å². The molecule has 0 saturated heterocycles. The molecule has 0 fully saturated rings. The monoisotopic (exact) mass is 275 g/mol. The molecule has 0 saturated carbocycles. The minimum Gasteiger partial charge on any atom is -0.330 e. The number of benzene rings is 1. The number of aromatic nitrogens is 3. The van der Waals surface area contributed by atoms with Crippen LogP contribution < -0.4 is 0 Å². The highest BCUT2D eigenvalue weighted by atomic mass is 32.1. The number of nitrogens with one attached hydrogen (secondary N) is 1. The lowest BCUT2D eigenvalue weighted by atomic mass is 10.2. The number of hydrogen-bond acceptors (Lipinski definition) is 3. The lowest BCUT2D eigenvalue weighted by molar-refractivity contribution is 0.644. The molecule has 0 aliphatic heterocycles. The van der Waals surface area contributed by atoms with Crippen molar-refractivity contribution in [1.82, 2.24) is 14.5 Å². The second kappa shape index (κ2) is 4.33. The summed E-state index contributed by atoms with van der Waals surface area (Å²) in [6.07, 6.45) is 1.83. The smallest absolute Gasteiger partial charge is 0.178 e. The Labute approximate surface area is 114 Å². The van der Waals surface area contributed by atoms with Crippen LogP contribution in [-0.4, -0.2) is 14.5 Å². The van der Waals surface area contributed by atoms with Crippen LogP contribution in [0.5, 0.6) is 0 Å². The minimum absolute atomic E-state index is 0.160. The maximum Gasteiger partial charge on any atom is 0.178 e. The lowest BCUT2D eigenvalue weighted by Crippen LogP contribution is -2.06. The van der Waals surface area contributed by atoms with Crippen molar-refractivity contribution in [3.63, 3.8) is 0 Å². The van der Waals surface area contributed by atoms with Gasteiger partial charge in [0, 0.05) is 11.6 Å². The molecule has 18 heavy (non-hydrogen) atoms. The molecule has 0 amide bonds. The summed E-state index contributed by atoms with van der Waals surface area (Å²) >= 11 is 7.11. The Balaban J connectivity index is 2.26. The minimum atomic E-state index is 0.160. The Morgan fingerprint density at radius 3 is 3.00 bits per heavy atom. The predicted octanol–water partition coefficient (Wildman–Crippen LogP) is 4.07. The molecule has 0 bridgehead atoms. The van der Waals surface area contributed by atoms with Crippen molar-refractivity contribution in [2.75, 3.05) is 0 Å². The number of para-hydroxylation sites is 1. The van der Waals surface area contributed by atoms with E-state index in [-0.39, 0.29) is 6.04 Å². The summed E-state index contributed by atoms with van der Waals surface area (Å²) in [6.45, 7) is 4.22. The second-order valence-corrected chi connectivity index (χ2v) is 5.63. The number of imidazole rings is 1. The van der Waals surface area contributed by atoms with Crippen LogP contribution in [0.3, 0.4) is 0 Å². The first-order valence-electron chi connectivity index (χ1n) is 5.77. The fourth-order valence-electron chi connectivity index (χ4n) is 2.23. The normalized spacial score (nSPS) is 13.0. The topological polar surface area (TPSA) is 33.6 Å². The number of H-pyrrole nitrogens is 1. The van der Waals surface area contributed by atoms with Crippen LogP contribution in [0.1, 0.15) is 23.5 Å². The van der Waals surface area contributed by atoms with Gasteiger partial charge in [-0.1, -0.05) is 12.1 Å². The van der Waals surface area contributed by atoms with Crippen LogP contribution in [0, 0.1) is 11.7 Å². The molecule has 1 atom stereocenters. The first-order chi connectivity index (χ1) is 8.68. The molecule has 0 aliphatic rings. The van der Waals surface area contributed by atoms with Gasteiger partial charge in [-0.25, -0.2) is 4.98 Å². The van der Waals surface area contributed by atoms with Gasteiger partial charge in [0.2, 0.25) is 0 Å². The Hall–Kier alpha value is -1.46. The summed E-state index contributed by atoms with van der Waals surface area (Å²) < 4.78 is 2.89. The van der Waals surface area contributed by atoms with Crippen LogP contribution >= 0.6 is 23.6 Å². The van der Waals surface area contributed by atoms with Gasteiger partial charge < -0.3 is 9.55 Å². The van der Waals surface area contributed by atoms with Gasteiger partial charge in [0.05, 0.1) is 17.1 Å². The number of rotatable bonds is 2. The Morgan fingerprint density at radius 2 is 2.28 bits per heavy atom. The second-order valence-electron chi connectivity index (χ2n) is 4.32. The lowest BCUT2D eigenvalue weighted by Gasteiger charge is -2.11. The van der Waals surface area contributed by atoms with Crippen molar-refractivity contribution in [2.24, 2.45) is 0 Å². The van der Waals surface area contributed by atoms with Crippen molar-refractivity contribution in [2.45, 2.75) is 19.9 Å². The number of aromatic amines is 1. The van der Waals surface area contributed by atoms with Gasteiger partial charge in [0.15, 0.2) is 4.77 Å². The average molecular weight is 275 g/mol. The third-order valence-corrected chi connectivity index (χ3v) is 4.40. The number of thiazole rings is 1. The van der Waals surface area contributed by atoms with Gasteiger partial charge >= 0.3 is 0 Å². The van der Waals surface area contributed by atoms with E-state index in [9.17, 15) is 0 Å². The third-order valence-electron chi connectivity index (χ3n) is 3.16. The Morgan fingerprint density at radius 1 is 1.44 bits per heavy atom. The van der Waals surface area contributed by atoms with E-state index in [2.05, 4.69) is 46.6 Å². The quantitative estimate of drug-likeness (QED) is 0.715. The Bertz CT molecular complexity index is 737. The fraction of sp³-hybridized carbons (Fsp3) is 0.231. The summed E-state index contributed by atoms with van der Waals surface area (Å²) in [5.41, 5.74) is 3.47. The first kappa shape index (κ1) is 11.6. The van der Waals surface area contributed by atoms with E-state index in [1.54, 1.807) is 11.3 Å². The molecular formula is C13H13N3S2. The maximum absolute atomic E-state index is 5.45. The molecule has 5 heteroatoms. The summed E-state index contributed by atoms with van der Waals surface area (Å²) in [6, 6.07) is 6.41. The van der Waals surface area contributed by atoms with Crippen LogP contribution in [0.4, 0.5) is 0 Å². The molecule has 1 aromatic carbocycles. The van der Waals surface area contributed by atoms with E-state index in [1.165, 1.54) is 5.56 Å². The maximum atomic E-state index is 5.45. The standard InChI is InChI=1S/C13H13N3S2/c1-8-4-3-5-10-11(8)15-13(17)16(10)9(2)12-14-6-7-18-12/h3-7,9H,1-2H3,(H,15,17). The number of nitrogens with zero attached hydrogens (tertiary/aromatic N) is 2. The van der Waals surface area contributed by atoms with Gasteiger partial charge in [0.25, 0.3) is 0 Å². The van der Waals surface area contributed by atoms with Crippen molar-refractivity contribution in [3.8, 4) is 0 Å². The van der Waals surface area contributed by atoms with E-state index in [1.807, 2.05) is 11.6 Å². The largest absolute Gasteiger partial charge is 0.330 e. The van der Waals surface area contributed by atoms with Gasteiger partial charge in [-0.05, 0) is 37.7 Å². The highest BCUT2D eigenvalue weighted by molar-refractivity contribution is 7.71. The summed E-state index contributed by atoms with van der Waals surface area (Å²) in [5, 5.41) is 3.07. The molecule has 0 radical (unpaired) electrons. The molecule has 2 aromatic heterocycles. The zero-order valence-electron chi connectivity index (χ0n) is 10.2. The molecule has 3 nitrogen and oxygen atoms in total. The van der Waals surface area contributed by atoms with Crippen LogP contribution in [0.2, 0.25) is 0 Å². The average Bonchev–Trinajstić information content (AvgIpc) is 2.96. The molecule has 0 spiro atoms. The van der Waals surface area contributed by atoms with Crippen molar-refractivity contribution in [1.29, 1.82) is 0 Å². The van der Waals surface area contributed by atoms with Gasteiger partial charge in [-0.15, -0.1) is 11.3 Å². The molecule has 1 N–H and O–H groups in total. The van der Waals surface area contributed by atoms with Crippen molar-refractivity contribution >= 4 is 34.6 Å². The number of fused-ring (bicyclic) bond motifs is 1. The van der Waals surface area contributed by atoms with Gasteiger partial charge in [-0.3, -0.25) is 0 Å². The highest BCUT2D eigenvalue weighted by Crippen LogP contribution is 2.26. The van der Waals surface area contributed by atoms with E-state index in [0.29, 0.717) is 0 Å². The molecule has 0 aliphatic carbocycles. The van der Waals surface area contributed by atoms with Crippen LogP contribution in [-0.2, 0) is 0 Å². The summed E-state index contributed by atoms with van der Waals surface area (Å²) in [5.74, 6) is 0. The number of aryl methyl sites for hydroxylation is 1. The molecular weight excluding hydrogens is 262 g/mol.